The van der Waals surface area contributed by atoms with Gasteiger partial charge in [-0.1, -0.05) is 42.5 Å². The molecule has 0 atom stereocenters. The molecule has 0 heterocycles. The molecule has 0 saturated heterocycles. The third-order valence-corrected chi connectivity index (χ3v) is 2.45. The summed E-state index contributed by atoms with van der Waals surface area (Å²) in [6.45, 7) is 0. The number of amides is 1. The molecule has 0 spiro atoms. The Kier molecular flexibility index (Phi) is 3.01. The van der Waals surface area contributed by atoms with Crippen molar-refractivity contribution in [3.8, 4) is 0 Å². The number of carbonyl (C=O) groups excluding carboxylic acids is 2. The lowest BCUT2D eigenvalue weighted by Crippen LogP contribution is -2.12. The summed E-state index contributed by atoms with van der Waals surface area (Å²) in [7, 11) is 0. The van der Waals surface area contributed by atoms with Gasteiger partial charge in [-0.3, -0.25) is 9.59 Å². The van der Waals surface area contributed by atoms with Gasteiger partial charge in [-0.2, -0.15) is 0 Å². The molecule has 17 heavy (non-hydrogen) atoms. The molecule has 2 N–H and O–H groups in total. The van der Waals surface area contributed by atoms with Gasteiger partial charge in [-0.25, -0.2) is 0 Å². The maximum atomic E-state index is 12.1. The van der Waals surface area contributed by atoms with Gasteiger partial charge >= 0.3 is 0 Å². The monoisotopic (exact) mass is 225 g/mol. The summed E-state index contributed by atoms with van der Waals surface area (Å²) in [5.74, 6) is -0.651. The quantitative estimate of drug-likeness (QED) is 0.812. The van der Waals surface area contributed by atoms with Crippen LogP contribution in [0.1, 0.15) is 26.3 Å². The number of hydrogen-bond donors (Lipinski definition) is 1. The van der Waals surface area contributed by atoms with Gasteiger partial charge in [0.25, 0.3) is 0 Å². The van der Waals surface area contributed by atoms with Crippen molar-refractivity contribution in [3.63, 3.8) is 0 Å². The summed E-state index contributed by atoms with van der Waals surface area (Å²) in [5.41, 5.74) is 6.57. The average Bonchev–Trinajstić information content (AvgIpc) is 2.39. The molecule has 0 aromatic heterocycles. The van der Waals surface area contributed by atoms with Gasteiger partial charge in [0.1, 0.15) is 0 Å². The van der Waals surface area contributed by atoms with Crippen molar-refractivity contribution < 1.29 is 9.59 Å². The SMILES string of the molecule is NC(=O)c1cccc(C(=O)c2ccccc2)c1. The minimum Gasteiger partial charge on any atom is -0.366 e. The molecule has 2 aromatic rings. The first-order valence-electron chi connectivity index (χ1n) is 5.18. The highest BCUT2D eigenvalue weighted by atomic mass is 16.1. The molecule has 2 rings (SSSR count). The highest BCUT2D eigenvalue weighted by Gasteiger charge is 2.10. The number of rotatable bonds is 3. The average molecular weight is 225 g/mol. The van der Waals surface area contributed by atoms with Crippen LogP contribution in [0.15, 0.2) is 54.6 Å². The summed E-state index contributed by atoms with van der Waals surface area (Å²) < 4.78 is 0. The maximum Gasteiger partial charge on any atom is 0.248 e. The van der Waals surface area contributed by atoms with Crippen LogP contribution in [-0.2, 0) is 0 Å². The number of hydrogen-bond acceptors (Lipinski definition) is 2. The van der Waals surface area contributed by atoms with E-state index in [-0.39, 0.29) is 5.78 Å². The smallest absolute Gasteiger partial charge is 0.248 e. The van der Waals surface area contributed by atoms with Gasteiger partial charge in [0, 0.05) is 16.7 Å². The van der Waals surface area contributed by atoms with Crippen molar-refractivity contribution in [3.05, 3.63) is 71.3 Å². The standard InChI is InChI=1S/C14H11NO2/c15-14(17)12-8-4-7-11(9-12)13(16)10-5-2-1-3-6-10/h1-9H,(H2,15,17). The van der Waals surface area contributed by atoms with Gasteiger partial charge in [0.05, 0.1) is 0 Å². The Morgan fingerprint density at radius 3 is 2.00 bits per heavy atom. The lowest BCUT2D eigenvalue weighted by Gasteiger charge is -2.02. The van der Waals surface area contributed by atoms with E-state index in [1.165, 1.54) is 6.07 Å². The predicted octanol–water partition coefficient (Wildman–Crippen LogP) is 2.02. The van der Waals surface area contributed by atoms with E-state index in [1.807, 2.05) is 6.07 Å². The first kappa shape index (κ1) is 11.1. The fraction of sp³-hybridized carbons (Fsp3) is 0. The van der Waals surface area contributed by atoms with Gasteiger partial charge in [-0.05, 0) is 12.1 Å². The van der Waals surface area contributed by atoms with E-state index in [0.29, 0.717) is 16.7 Å². The molecular weight excluding hydrogens is 214 g/mol. The van der Waals surface area contributed by atoms with E-state index in [4.69, 9.17) is 5.73 Å². The molecule has 1 amide bonds. The molecule has 2 aromatic carbocycles. The molecule has 0 aliphatic rings. The maximum absolute atomic E-state index is 12.1. The van der Waals surface area contributed by atoms with Crippen LogP contribution in [0.25, 0.3) is 0 Å². The Labute approximate surface area is 98.9 Å². The lowest BCUT2D eigenvalue weighted by atomic mass is 10.0. The highest BCUT2D eigenvalue weighted by Crippen LogP contribution is 2.11. The third-order valence-electron chi connectivity index (χ3n) is 2.45. The van der Waals surface area contributed by atoms with E-state index in [1.54, 1.807) is 42.5 Å². The van der Waals surface area contributed by atoms with Gasteiger partial charge in [0.2, 0.25) is 5.91 Å². The van der Waals surface area contributed by atoms with E-state index in [9.17, 15) is 9.59 Å². The summed E-state index contributed by atoms with van der Waals surface area (Å²) in [5, 5.41) is 0. The van der Waals surface area contributed by atoms with Crippen LogP contribution in [0.2, 0.25) is 0 Å². The van der Waals surface area contributed by atoms with E-state index >= 15 is 0 Å². The van der Waals surface area contributed by atoms with Gasteiger partial charge < -0.3 is 5.73 Å². The van der Waals surface area contributed by atoms with Crippen LogP contribution in [0, 0.1) is 0 Å². The van der Waals surface area contributed by atoms with E-state index < -0.39 is 5.91 Å². The summed E-state index contributed by atoms with van der Waals surface area (Å²) >= 11 is 0. The number of ketones is 1. The van der Waals surface area contributed by atoms with E-state index in [0.717, 1.165) is 0 Å². The first-order chi connectivity index (χ1) is 8.18. The van der Waals surface area contributed by atoms with Crippen molar-refractivity contribution in [2.45, 2.75) is 0 Å². The van der Waals surface area contributed by atoms with Crippen LogP contribution in [-0.4, -0.2) is 11.7 Å². The second-order valence-electron chi connectivity index (χ2n) is 3.64. The predicted molar refractivity (Wildman–Crippen MR) is 64.8 cm³/mol. The Balaban J connectivity index is 2.38. The van der Waals surface area contributed by atoms with Crippen molar-refractivity contribution in [2.24, 2.45) is 5.73 Å². The fourth-order valence-corrected chi connectivity index (χ4v) is 1.57. The molecule has 0 unspecified atom stereocenters. The van der Waals surface area contributed by atoms with Crippen molar-refractivity contribution in [1.82, 2.24) is 0 Å². The minimum absolute atomic E-state index is 0.117. The minimum atomic E-state index is -0.535. The lowest BCUT2D eigenvalue weighted by molar-refractivity contribution is 0.1000. The summed E-state index contributed by atoms with van der Waals surface area (Å²) in [4.78, 5) is 23.1. The normalized spacial score (nSPS) is 9.88. The number of primary amides is 1. The number of carbonyl (C=O) groups is 2. The summed E-state index contributed by atoms with van der Waals surface area (Å²) in [6.07, 6.45) is 0. The number of benzene rings is 2. The molecule has 0 radical (unpaired) electrons. The molecule has 0 bridgehead atoms. The van der Waals surface area contributed by atoms with Crippen LogP contribution in [0.5, 0.6) is 0 Å². The topological polar surface area (TPSA) is 60.2 Å². The summed E-state index contributed by atoms with van der Waals surface area (Å²) in [6, 6.07) is 15.3. The largest absolute Gasteiger partial charge is 0.366 e. The second kappa shape index (κ2) is 4.61. The van der Waals surface area contributed by atoms with Crippen molar-refractivity contribution in [2.75, 3.05) is 0 Å². The highest BCUT2D eigenvalue weighted by molar-refractivity contribution is 6.10. The molecule has 0 aliphatic carbocycles. The third kappa shape index (κ3) is 2.39. The van der Waals surface area contributed by atoms with E-state index in [2.05, 4.69) is 0 Å². The molecule has 0 aliphatic heterocycles. The molecule has 3 nitrogen and oxygen atoms in total. The first-order valence-corrected chi connectivity index (χ1v) is 5.18. The second-order valence-corrected chi connectivity index (χ2v) is 3.64. The van der Waals surface area contributed by atoms with Crippen LogP contribution in [0.4, 0.5) is 0 Å². The Bertz CT molecular complexity index is 561. The Hall–Kier alpha value is -2.42. The fourth-order valence-electron chi connectivity index (χ4n) is 1.57. The van der Waals surface area contributed by atoms with Crippen molar-refractivity contribution in [1.29, 1.82) is 0 Å². The van der Waals surface area contributed by atoms with Crippen molar-refractivity contribution >= 4 is 11.7 Å². The Morgan fingerprint density at radius 1 is 0.765 bits per heavy atom. The number of nitrogens with two attached hydrogens (primary N) is 1. The molecular formula is C14H11NO2. The Morgan fingerprint density at radius 2 is 1.35 bits per heavy atom. The zero-order chi connectivity index (χ0) is 12.3. The van der Waals surface area contributed by atoms with Crippen LogP contribution in [0.3, 0.4) is 0 Å². The zero-order valence-electron chi connectivity index (χ0n) is 9.09. The molecule has 0 fully saturated rings. The van der Waals surface area contributed by atoms with Crippen LogP contribution < -0.4 is 5.73 Å². The molecule has 0 saturated carbocycles. The zero-order valence-corrected chi connectivity index (χ0v) is 9.09. The molecule has 84 valence electrons. The van der Waals surface area contributed by atoms with Gasteiger partial charge in [-0.15, -0.1) is 0 Å². The van der Waals surface area contributed by atoms with Crippen LogP contribution >= 0.6 is 0 Å². The molecule has 3 heteroatoms. The van der Waals surface area contributed by atoms with Gasteiger partial charge in [0.15, 0.2) is 5.78 Å².